The van der Waals surface area contributed by atoms with Gasteiger partial charge in [-0.3, -0.25) is 9.59 Å². The van der Waals surface area contributed by atoms with Gasteiger partial charge in [0.05, 0.1) is 24.8 Å². The average Bonchev–Trinajstić information content (AvgIpc) is 3.47. The van der Waals surface area contributed by atoms with Crippen molar-refractivity contribution in [3.63, 3.8) is 0 Å². The van der Waals surface area contributed by atoms with Crippen LogP contribution in [0.1, 0.15) is 79.6 Å². The lowest BCUT2D eigenvalue weighted by molar-refractivity contribution is 0.0696. The smallest absolute Gasteiger partial charge is 0.335 e. The predicted octanol–water partition coefficient (Wildman–Crippen LogP) is 6.67. The van der Waals surface area contributed by atoms with Crippen molar-refractivity contribution in [3.05, 3.63) is 124 Å². The Hall–Kier alpha value is -5.11. The van der Waals surface area contributed by atoms with Gasteiger partial charge in [0.25, 0.3) is 11.8 Å². The van der Waals surface area contributed by atoms with Gasteiger partial charge >= 0.3 is 5.97 Å². The molecule has 8 heteroatoms. The fraction of sp³-hybridized carbons (Fsp3) is 0.250. The number of carbonyl (C=O) groups is 3. The molecule has 0 spiro atoms. The maximum atomic E-state index is 13.8. The number of carboxylic acids is 1. The fourth-order valence-electron chi connectivity index (χ4n) is 6.08. The lowest BCUT2D eigenvalue weighted by Crippen LogP contribution is -2.26. The van der Waals surface area contributed by atoms with Crippen molar-refractivity contribution in [2.75, 3.05) is 12.0 Å². The highest BCUT2D eigenvalue weighted by Crippen LogP contribution is 2.41. The number of amides is 2. The maximum absolute atomic E-state index is 13.8. The van der Waals surface area contributed by atoms with Crippen molar-refractivity contribution in [2.24, 2.45) is 0 Å². The molecule has 2 heterocycles. The summed E-state index contributed by atoms with van der Waals surface area (Å²) < 4.78 is 11.9. The summed E-state index contributed by atoms with van der Waals surface area (Å²) in [5.74, 6) is -0.215. The van der Waals surface area contributed by atoms with Crippen LogP contribution in [0.3, 0.4) is 0 Å². The summed E-state index contributed by atoms with van der Waals surface area (Å²) in [6, 6.07) is 26.1. The molecule has 2 aliphatic heterocycles. The third-order valence-corrected chi connectivity index (χ3v) is 8.45. The van der Waals surface area contributed by atoms with Crippen molar-refractivity contribution >= 4 is 23.5 Å². The molecule has 2 unspecified atom stereocenters. The second-order valence-corrected chi connectivity index (χ2v) is 11.4. The molecular formula is C36H34N2O6. The van der Waals surface area contributed by atoms with Crippen LogP contribution in [0.15, 0.2) is 84.9 Å². The molecule has 0 aromatic heterocycles. The number of aromatic carboxylic acids is 1. The number of methoxy groups -OCH3 is 1. The van der Waals surface area contributed by atoms with Gasteiger partial charge in [-0.15, -0.1) is 0 Å². The summed E-state index contributed by atoms with van der Waals surface area (Å²) in [5, 5.41) is 9.31. The number of anilines is 1. The van der Waals surface area contributed by atoms with Gasteiger partial charge in [0.2, 0.25) is 0 Å². The highest BCUT2D eigenvalue weighted by molar-refractivity contribution is 6.11. The number of ether oxygens (including phenoxy) is 2. The zero-order valence-electron chi connectivity index (χ0n) is 24.9. The van der Waals surface area contributed by atoms with Gasteiger partial charge in [-0.25, -0.2) is 4.79 Å². The highest BCUT2D eigenvalue weighted by atomic mass is 16.5. The summed E-state index contributed by atoms with van der Waals surface area (Å²) in [7, 11) is 1.60. The van der Waals surface area contributed by atoms with E-state index < -0.39 is 5.97 Å². The van der Waals surface area contributed by atoms with Crippen molar-refractivity contribution in [1.29, 1.82) is 0 Å². The molecule has 2 aliphatic rings. The lowest BCUT2D eigenvalue weighted by atomic mass is 10.0. The van der Waals surface area contributed by atoms with Crippen LogP contribution in [0.4, 0.5) is 5.69 Å². The van der Waals surface area contributed by atoms with Gasteiger partial charge in [0.15, 0.2) is 11.5 Å². The number of nitrogens with zero attached hydrogens (tertiary/aromatic N) is 2. The van der Waals surface area contributed by atoms with E-state index in [0.717, 1.165) is 29.5 Å². The second kappa shape index (κ2) is 11.9. The largest absolute Gasteiger partial charge is 0.493 e. The number of aryl methyl sites for hydroxylation is 1. The van der Waals surface area contributed by atoms with Crippen LogP contribution in [0.5, 0.6) is 11.5 Å². The molecule has 0 saturated heterocycles. The molecule has 4 aromatic carbocycles. The topological polar surface area (TPSA) is 96.4 Å². The lowest BCUT2D eigenvalue weighted by Gasteiger charge is -2.24. The number of hydrogen-bond acceptors (Lipinski definition) is 5. The third-order valence-electron chi connectivity index (χ3n) is 8.45. The quantitative estimate of drug-likeness (QED) is 0.222. The molecule has 4 aromatic rings. The van der Waals surface area contributed by atoms with Crippen molar-refractivity contribution in [2.45, 2.75) is 51.9 Å². The Kier molecular flexibility index (Phi) is 7.82. The zero-order valence-corrected chi connectivity index (χ0v) is 24.9. The maximum Gasteiger partial charge on any atom is 0.335 e. The van der Waals surface area contributed by atoms with Crippen LogP contribution in [-0.2, 0) is 19.5 Å². The van der Waals surface area contributed by atoms with Crippen LogP contribution >= 0.6 is 0 Å². The van der Waals surface area contributed by atoms with E-state index in [1.807, 2.05) is 68.4 Å². The number of carbonyl (C=O) groups excluding carboxylic acids is 2. The molecule has 0 bridgehead atoms. The van der Waals surface area contributed by atoms with Gasteiger partial charge in [-0.2, -0.15) is 0 Å². The van der Waals surface area contributed by atoms with E-state index in [1.54, 1.807) is 23.0 Å². The first-order chi connectivity index (χ1) is 21.2. The van der Waals surface area contributed by atoms with Crippen molar-refractivity contribution in [3.8, 4) is 11.5 Å². The molecule has 8 nitrogen and oxygen atoms in total. The number of rotatable bonds is 10. The average molecular weight is 591 g/mol. The predicted molar refractivity (Wildman–Crippen MR) is 166 cm³/mol. The molecule has 1 N–H and O–H groups in total. The Morgan fingerprint density at radius 1 is 0.909 bits per heavy atom. The molecule has 0 saturated carbocycles. The highest BCUT2D eigenvalue weighted by Gasteiger charge is 2.36. The first-order valence-corrected chi connectivity index (χ1v) is 14.7. The molecule has 6 rings (SSSR count). The Labute approximate surface area is 256 Å². The summed E-state index contributed by atoms with van der Waals surface area (Å²) in [4.78, 5) is 41.7. The van der Waals surface area contributed by atoms with Gasteiger partial charge in [0.1, 0.15) is 0 Å². The summed E-state index contributed by atoms with van der Waals surface area (Å²) in [5.41, 5.74) is 5.60. The number of fused-ring (bicyclic) bond motifs is 2. The normalized spacial score (nSPS) is 16.1. The van der Waals surface area contributed by atoms with E-state index in [4.69, 9.17) is 9.47 Å². The van der Waals surface area contributed by atoms with Gasteiger partial charge in [-0.05, 0) is 79.3 Å². The number of carboxylic acid groups (broad SMARTS) is 1. The minimum absolute atomic E-state index is 0.0685. The monoisotopic (exact) mass is 590 g/mol. The van der Waals surface area contributed by atoms with Crippen LogP contribution in [0.2, 0.25) is 0 Å². The minimum Gasteiger partial charge on any atom is -0.493 e. The van der Waals surface area contributed by atoms with Crippen LogP contribution in [0, 0.1) is 0 Å². The molecular weight excluding hydrogens is 556 g/mol. The molecule has 224 valence electrons. The van der Waals surface area contributed by atoms with Gasteiger partial charge < -0.3 is 24.4 Å². The molecule has 2 atom stereocenters. The van der Waals surface area contributed by atoms with E-state index >= 15 is 0 Å². The summed E-state index contributed by atoms with van der Waals surface area (Å²) in [6.07, 6.45) is 1.65. The fourth-order valence-corrected chi connectivity index (χ4v) is 6.08. The van der Waals surface area contributed by atoms with Gasteiger partial charge in [-0.1, -0.05) is 48.5 Å². The van der Waals surface area contributed by atoms with Crippen molar-refractivity contribution in [1.82, 2.24) is 4.90 Å². The molecule has 0 radical (unpaired) electrons. The number of benzene rings is 4. The van der Waals surface area contributed by atoms with Gasteiger partial charge in [0, 0.05) is 36.0 Å². The third kappa shape index (κ3) is 5.51. The van der Waals surface area contributed by atoms with Crippen LogP contribution in [0.25, 0.3) is 0 Å². The Morgan fingerprint density at radius 3 is 2.45 bits per heavy atom. The summed E-state index contributed by atoms with van der Waals surface area (Å²) in [6.45, 7) is 4.73. The molecule has 44 heavy (non-hydrogen) atoms. The number of hydrogen-bond donors (Lipinski definition) is 1. The second-order valence-electron chi connectivity index (χ2n) is 11.4. The standard InChI is InChI=1S/C36H34N2O6/c1-22(9-10-24-7-5-4-6-8-24)44-33-19-28(14-16-32(33)43-3)38-23(2)29-15-11-25(17-31(29)35(38)40)20-37-21-27-13-12-26(36(41)42)18-30(27)34(37)39/h4-8,11-19,22-23H,9-10,20-21H2,1-3H3,(H,41,42). The van der Waals surface area contributed by atoms with Crippen molar-refractivity contribution < 1.29 is 29.0 Å². The van der Waals surface area contributed by atoms with Crippen LogP contribution in [-0.4, -0.2) is 41.0 Å². The summed E-state index contributed by atoms with van der Waals surface area (Å²) >= 11 is 0. The first kappa shape index (κ1) is 29.0. The van der Waals surface area contributed by atoms with E-state index in [9.17, 15) is 19.5 Å². The van der Waals surface area contributed by atoms with E-state index in [-0.39, 0.29) is 29.5 Å². The Morgan fingerprint density at radius 2 is 1.70 bits per heavy atom. The molecule has 0 fully saturated rings. The van der Waals surface area contributed by atoms with E-state index in [2.05, 4.69) is 12.1 Å². The zero-order chi connectivity index (χ0) is 31.0. The van der Waals surface area contributed by atoms with E-state index in [1.165, 1.54) is 17.7 Å². The minimum atomic E-state index is -1.07. The Bertz CT molecular complexity index is 1750. The molecule has 2 amide bonds. The first-order valence-electron chi connectivity index (χ1n) is 14.7. The van der Waals surface area contributed by atoms with E-state index in [0.29, 0.717) is 41.4 Å². The Balaban J connectivity index is 1.18. The van der Waals surface area contributed by atoms with Crippen LogP contribution < -0.4 is 14.4 Å². The SMILES string of the molecule is COc1ccc(N2C(=O)c3cc(CN4Cc5ccc(C(=O)O)cc5C4=O)ccc3C2C)cc1OC(C)CCc1ccccc1. The molecule has 0 aliphatic carbocycles.